The number of Topliss-reactive ketones (excluding diaryl/α,β-unsaturated/α-hetero) is 1. The van der Waals surface area contributed by atoms with E-state index in [1.165, 1.54) is 13.0 Å². The van der Waals surface area contributed by atoms with Crippen molar-refractivity contribution in [2.24, 2.45) is 5.41 Å². The van der Waals surface area contributed by atoms with Crippen LogP contribution in [0.1, 0.15) is 35.7 Å². The molecule has 1 saturated heterocycles. The third-order valence-electron chi connectivity index (χ3n) is 7.93. The third kappa shape index (κ3) is 5.44. The summed E-state index contributed by atoms with van der Waals surface area (Å²) in [5.41, 5.74) is 1.42. The number of nitrogens with one attached hydrogen (secondary N) is 2. The number of ketones is 1. The van der Waals surface area contributed by atoms with Gasteiger partial charge in [-0.1, -0.05) is 41.9 Å². The second kappa shape index (κ2) is 11.1. The first kappa shape index (κ1) is 27.3. The first-order chi connectivity index (χ1) is 18.7. The molecule has 2 aliphatic rings. The van der Waals surface area contributed by atoms with Crippen molar-refractivity contribution in [3.05, 3.63) is 70.6 Å². The van der Waals surface area contributed by atoms with E-state index >= 15 is 0 Å². The topological polar surface area (TPSA) is 92.7 Å². The molecule has 2 fully saturated rings. The first-order valence-electron chi connectivity index (χ1n) is 13.1. The smallest absolute Gasteiger partial charge is 0.243 e. The van der Waals surface area contributed by atoms with Crippen molar-refractivity contribution >= 4 is 40.1 Å². The normalized spacial score (nSPS) is 22.0. The number of hydrogen-bond donors (Lipinski definition) is 2. The number of para-hydroxylation sites is 1. The number of fused-ring (bicyclic) bond motifs is 1. The summed E-state index contributed by atoms with van der Waals surface area (Å²) in [6.45, 7) is 3.17. The molecule has 1 aliphatic carbocycles. The van der Waals surface area contributed by atoms with Crippen LogP contribution in [0, 0.1) is 11.2 Å². The van der Waals surface area contributed by atoms with E-state index < -0.39 is 11.9 Å². The van der Waals surface area contributed by atoms with E-state index in [4.69, 9.17) is 16.3 Å². The Kier molecular flexibility index (Phi) is 7.75. The molecule has 2 heterocycles. The molecule has 0 radical (unpaired) electrons. The lowest BCUT2D eigenvalue weighted by Gasteiger charge is -2.24. The third-order valence-corrected chi connectivity index (χ3v) is 8.22. The van der Waals surface area contributed by atoms with Crippen molar-refractivity contribution in [3.8, 4) is 0 Å². The Balaban J connectivity index is 1.36. The predicted molar refractivity (Wildman–Crippen MR) is 146 cm³/mol. The average Bonchev–Trinajstić information content (AvgIpc) is 3.25. The van der Waals surface area contributed by atoms with Crippen LogP contribution in [0.5, 0.6) is 0 Å². The van der Waals surface area contributed by atoms with Gasteiger partial charge in [0.2, 0.25) is 11.8 Å². The van der Waals surface area contributed by atoms with Crippen LogP contribution in [0.25, 0.3) is 10.9 Å². The van der Waals surface area contributed by atoms with Gasteiger partial charge >= 0.3 is 0 Å². The molecule has 2 amide bonds. The molecule has 3 aromatic rings. The molecule has 1 saturated carbocycles. The minimum Gasteiger partial charge on any atom is -0.383 e. The highest BCUT2D eigenvalue weighted by molar-refractivity contribution is 6.30. The van der Waals surface area contributed by atoms with Crippen LogP contribution in [0.2, 0.25) is 5.02 Å². The van der Waals surface area contributed by atoms with Crippen molar-refractivity contribution in [2.75, 3.05) is 26.8 Å². The number of methoxy groups -OCH3 is 1. The van der Waals surface area contributed by atoms with Gasteiger partial charge in [0.15, 0.2) is 5.78 Å². The van der Waals surface area contributed by atoms with Gasteiger partial charge in [0, 0.05) is 66.4 Å². The molecular formula is C29H32ClFN4O4. The zero-order chi connectivity index (χ0) is 27.7. The van der Waals surface area contributed by atoms with E-state index in [-0.39, 0.29) is 52.7 Å². The summed E-state index contributed by atoms with van der Waals surface area (Å²) in [4.78, 5) is 41.0. The van der Waals surface area contributed by atoms with E-state index in [0.717, 1.165) is 17.3 Å². The highest BCUT2D eigenvalue weighted by atomic mass is 35.5. The second-order valence-electron chi connectivity index (χ2n) is 10.5. The van der Waals surface area contributed by atoms with Gasteiger partial charge in [0.1, 0.15) is 18.4 Å². The molecule has 8 nitrogen and oxygen atoms in total. The van der Waals surface area contributed by atoms with Crippen molar-refractivity contribution in [1.29, 1.82) is 0 Å². The van der Waals surface area contributed by atoms with Gasteiger partial charge in [-0.2, -0.15) is 0 Å². The Hall–Kier alpha value is -3.27. The van der Waals surface area contributed by atoms with Gasteiger partial charge in [-0.3, -0.25) is 14.4 Å². The molecule has 5 rings (SSSR count). The van der Waals surface area contributed by atoms with E-state index in [0.29, 0.717) is 31.7 Å². The minimum absolute atomic E-state index is 0.00164. The fourth-order valence-electron chi connectivity index (χ4n) is 5.76. The number of rotatable bonds is 10. The SMILES string of the molecule is COCCN[C@H]1CC12CC(C(=O)NCc1cccc(Cl)c1F)N(C(=O)Cn1cc(C(C)=O)c3ccccc31)C2. The van der Waals surface area contributed by atoms with E-state index in [2.05, 4.69) is 10.6 Å². The molecule has 39 heavy (non-hydrogen) atoms. The number of benzene rings is 2. The molecule has 10 heteroatoms. The van der Waals surface area contributed by atoms with Crippen LogP contribution in [-0.2, 0) is 27.4 Å². The van der Waals surface area contributed by atoms with E-state index in [1.807, 2.05) is 24.3 Å². The summed E-state index contributed by atoms with van der Waals surface area (Å²) < 4.78 is 21.3. The largest absolute Gasteiger partial charge is 0.383 e. The lowest BCUT2D eigenvalue weighted by molar-refractivity contribution is -0.139. The zero-order valence-electron chi connectivity index (χ0n) is 22.0. The first-order valence-corrected chi connectivity index (χ1v) is 13.4. The Morgan fingerprint density at radius 2 is 1.95 bits per heavy atom. The Labute approximate surface area is 231 Å². The number of carbonyl (C=O) groups is 3. The number of carbonyl (C=O) groups excluding carboxylic acids is 3. The van der Waals surface area contributed by atoms with Gasteiger partial charge in [0.05, 0.1) is 11.6 Å². The molecule has 1 spiro atoms. The molecule has 2 aromatic carbocycles. The highest BCUT2D eigenvalue weighted by Gasteiger charge is 2.62. The van der Waals surface area contributed by atoms with Gasteiger partial charge in [-0.25, -0.2) is 4.39 Å². The molecule has 0 bridgehead atoms. The van der Waals surface area contributed by atoms with Crippen molar-refractivity contribution in [3.63, 3.8) is 0 Å². The van der Waals surface area contributed by atoms with Crippen LogP contribution >= 0.6 is 11.6 Å². The maximum absolute atomic E-state index is 14.4. The summed E-state index contributed by atoms with van der Waals surface area (Å²) in [6.07, 6.45) is 3.08. The van der Waals surface area contributed by atoms with E-state index in [1.54, 1.807) is 34.9 Å². The summed E-state index contributed by atoms with van der Waals surface area (Å²) in [6, 6.07) is 11.6. The highest BCUT2D eigenvalue weighted by Crippen LogP contribution is 2.55. The van der Waals surface area contributed by atoms with Crippen molar-refractivity contribution in [1.82, 2.24) is 20.1 Å². The molecule has 1 aromatic heterocycles. The number of amides is 2. The van der Waals surface area contributed by atoms with Crippen LogP contribution in [0.4, 0.5) is 4.39 Å². The standard InChI is InChI=1S/C29H32ClFN4O4/c1-18(36)21-15-34(23-9-4-3-7-20(21)23)16-26(37)35-17-29(13-25(29)32-10-11-39-2)12-24(35)28(38)33-14-19-6-5-8-22(30)27(19)31/h3-9,15,24-25,32H,10-14,16-17H2,1-2H3,(H,33,38)/t24?,25-,29?/m0/s1. The zero-order valence-corrected chi connectivity index (χ0v) is 22.8. The predicted octanol–water partition coefficient (Wildman–Crippen LogP) is 3.55. The van der Waals surface area contributed by atoms with Gasteiger partial charge in [-0.05, 0) is 31.9 Å². The fraction of sp³-hybridized carbons (Fsp3) is 0.414. The molecule has 1 aliphatic heterocycles. The molecule has 2 N–H and O–H groups in total. The maximum atomic E-state index is 14.4. The van der Waals surface area contributed by atoms with Gasteiger partial charge in [-0.15, -0.1) is 0 Å². The summed E-state index contributed by atoms with van der Waals surface area (Å²) >= 11 is 5.89. The maximum Gasteiger partial charge on any atom is 0.243 e. The molecular weight excluding hydrogens is 523 g/mol. The van der Waals surface area contributed by atoms with Crippen molar-refractivity contribution < 1.29 is 23.5 Å². The second-order valence-corrected chi connectivity index (χ2v) is 10.9. The van der Waals surface area contributed by atoms with Gasteiger partial charge < -0.3 is 24.8 Å². The number of nitrogens with zero attached hydrogens (tertiary/aromatic N) is 2. The fourth-order valence-corrected chi connectivity index (χ4v) is 5.95. The molecule has 3 atom stereocenters. The minimum atomic E-state index is -0.692. The Morgan fingerprint density at radius 3 is 2.72 bits per heavy atom. The number of ether oxygens (including phenoxy) is 1. The Bertz CT molecular complexity index is 1430. The van der Waals surface area contributed by atoms with E-state index in [9.17, 15) is 18.8 Å². The van der Waals surface area contributed by atoms with Crippen LogP contribution < -0.4 is 10.6 Å². The van der Waals surface area contributed by atoms with Gasteiger partial charge in [0.25, 0.3) is 0 Å². The lowest BCUT2D eigenvalue weighted by Crippen LogP contribution is -2.46. The summed E-state index contributed by atoms with van der Waals surface area (Å²) in [7, 11) is 1.64. The number of hydrogen-bond acceptors (Lipinski definition) is 5. The quantitative estimate of drug-likeness (QED) is 0.295. The van der Waals surface area contributed by atoms with Crippen molar-refractivity contribution in [2.45, 2.75) is 44.9 Å². The lowest BCUT2D eigenvalue weighted by atomic mass is 10.0. The number of likely N-dealkylation sites (tertiary alicyclic amines) is 1. The number of halogens is 2. The van der Waals surface area contributed by atoms with Crippen LogP contribution in [0.15, 0.2) is 48.7 Å². The Morgan fingerprint density at radius 1 is 1.15 bits per heavy atom. The summed E-state index contributed by atoms with van der Waals surface area (Å²) in [5, 5.41) is 7.07. The van der Waals surface area contributed by atoms with Crippen LogP contribution in [0.3, 0.4) is 0 Å². The molecule has 206 valence electrons. The monoisotopic (exact) mass is 554 g/mol. The summed E-state index contributed by atoms with van der Waals surface area (Å²) in [5.74, 6) is -1.19. The van der Waals surface area contributed by atoms with Crippen LogP contribution in [-0.4, -0.2) is 66.0 Å². The molecule has 2 unspecified atom stereocenters. The average molecular weight is 555 g/mol. The number of aromatic nitrogens is 1.